The van der Waals surface area contributed by atoms with Crippen LogP contribution in [0, 0.1) is 0 Å². The molecule has 1 heterocycles. The van der Waals surface area contributed by atoms with Gasteiger partial charge in [-0.25, -0.2) is 9.78 Å². The van der Waals surface area contributed by atoms with E-state index in [1.807, 2.05) is 18.2 Å². The Bertz CT molecular complexity index is 648. The third-order valence-corrected chi connectivity index (χ3v) is 3.80. The zero-order valence-corrected chi connectivity index (χ0v) is 15.3. The molecule has 0 saturated carbocycles. The molecule has 0 radical (unpaired) electrons. The average Bonchev–Trinajstić information content (AvgIpc) is 2.57. The predicted octanol–water partition coefficient (Wildman–Crippen LogP) is 4.90. The van der Waals surface area contributed by atoms with Gasteiger partial charge in [0.2, 0.25) is 0 Å². The van der Waals surface area contributed by atoms with E-state index in [9.17, 15) is 4.79 Å². The number of hydrogen-bond acceptors (Lipinski definition) is 4. The van der Waals surface area contributed by atoms with Crippen molar-refractivity contribution in [2.75, 3.05) is 18.5 Å². The maximum absolute atomic E-state index is 11.7. The van der Waals surface area contributed by atoms with E-state index >= 15 is 0 Å². The van der Waals surface area contributed by atoms with E-state index in [4.69, 9.17) is 27.9 Å². The van der Waals surface area contributed by atoms with Gasteiger partial charge in [-0.1, -0.05) is 53.5 Å². The second-order valence-electron chi connectivity index (χ2n) is 5.49. The first-order valence-corrected chi connectivity index (χ1v) is 8.90. The molecule has 1 aromatic heterocycles. The fourth-order valence-corrected chi connectivity index (χ4v) is 2.67. The van der Waals surface area contributed by atoms with Crippen molar-refractivity contribution in [2.45, 2.75) is 25.8 Å². The summed E-state index contributed by atoms with van der Waals surface area (Å²) in [5.41, 5.74) is 1.74. The summed E-state index contributed by atoms with van der Waals surface area (Å²) in [6.07, 6.45) is 2.31. The largest absolute Gasteiger partial charge is 0.449 e. The highest BCUT2D eigenvalue weighted by Crippen LogP contribution is 2.18. The van der Waals surface area contributed by atoms with E-state index in [-0.39, 0.29) is 10.3 Å². The molecule has 2 rings (SSSR count). The molecular weight excluding hydrogens is 361 g/mol. The SMILES string of the molecule is O=C(Nc1cc(Cl)nc(Cl)c1)OCCCCCNCc1ccccc1. The highest BCUT2D eigenvalue weighted by molar-refractivity contribution is 6.32. The summed E-state index contributed by atoms with van der Waals surface area (Å²) in [5, 5.41) is 6.39. The average molecular weight is 382 g/mol. The van der Waals surface area contributed by atoms with E-state index in [0.29, 0.717) is 12.3 Å². The lowest BCUT2D eigenvalue weighted by Gasteiger charge is -2.08. The Balaban J connectivity index is 1.50. The van der Waals surface area contributed by atoms with Crippen LogP contribution in [0.4, 0.5) is 10.5 Å². The molecule has 0 aliphatic carbocycles. The van der Waals surface area contributed by atoms with Crippen LogP contribution in [0.5, 0.6) is 0 Å². The molecule has 0 saturated heterocycles. The molecule has 2 N–H and O–H groups in total. The van der Waals surface area contributed by atoms with Gasteiger partial charge < -0.3 is 10.1 Å². The number of amides is 1. The van der Waals surface area contributed by atoms with Gasteiger partial charge in [0.05, 0.1) is 12.3 Å². The normalized spacial score (nSPS) is 10.5. The third kappa shape index (κ3) is 8.20. The van der Waals surface area contributed by atoms with Crippen molar-refractivity contribution in [1.82, 2.24) is 10.3 Å². The van der Waals surface area contributed by atoms with Crippen molar-refractivity contribution in [1.29, 1.82) is 0 Å². The van der Waals surface area contributed by atoms with Gasteiger partial charge in [-0.2, -0.15) is 0 Å². The maximum atomic E-state index is 11.7. The molecule has 5 nitrogen and oxygen atoms in total. The van der Waals surface area contributed by atoms with E-state index in [2.05, 4.69) is 27.8 Å². The Kier molecular flexibility index (Phi) is 8.52. The van der Waals surface area contributed by atoms with Crippen LogP contribution >= 0.6 is 23.2 Å². The topological polar surface area (TPSA) is 63.2 Å². The second kappa shape index (κ2) is 10.9. The van der Waals surface area contributed by atoms with Gasteiger partial charge in [0, 0.05) is 6.54 Å². The van der Waals surface area contributed by atoms with Crippen LogP contribution in [0.3, 0.4) is 0 Å². The summed E-state index contributed by atoms with van der Waals surface area (Å²) in [6.45, 7) is 2.18. The molecule has 2 aromatic rings. The van der Waals surface area contributed by atoms with Crippen molar-refractivity contribution in [3.63, 3.8) is 0 Å². The van der Waals surface area contributed by atoms with E-state index in [1.54, 1.807) is 0 Å². The molecule has 0 aliphatic heterocycles. The molecule has 25 heavy (non-hydrogen) atoms. The zero-order valence-electron chi connectivity index (χ0n) is 13.8. The first kappa shape index (κ1) is 19.5. The highest BCUT2D eigenvalue weighted by atomic mass is 35.5. The summed E-state index contributed by atoms with van der Waals surface area (Å²) in [4.78, 5) is 15.5. The number of carbonyl (C=O) groups excluding carboxylic acids is 1. The van der Waals surface area contributed by atoms with Crippen molar-refractivity contribution < 1.29 is 9.53 Å². The van der Waals surface area contributed by atoms with Gasteiger partial charge >= 0.3 is 6.09 Å². The van der Waals surface area contributed by atoms with Crippen LogP contribution in [-0.2, 0) is 11.3 Å². The summed E-state index contributed by atoms with van der Waals surface area (Å²) in [5.74, 6) is 0. The molecule has 7 heteroatoms. The number of aromatic nitrogens is 1. The lowest BCUT2D eigenvalue weighted by molar-refractivity contribution is 0.159. The number of unbranched alkanes of at least 4 members (excludes halogenated alkanes) is 2. The van der Waals surface area contributed by atoms with E-state index in [0.717, 1.165) is 32.4 Å². The van der Waals surface area contributed by atoms with Gasteiger partial charge in [0.1, 0.15) is 10.3 Å². The molecule has 1 aromatic carbocycles. The van der Waals surface area contributed by atoms with Gasteiger partial charge in [-0.05, 0) is 43.5 Å². The summed E-state index contributed by atoms with van der Waals surface area (Å²) >= 11 is 11.5. The van der Waals surface area contributed by atoms with Crippen molar-refractivity contribution in [3.8, 4) is 0 Å². The minimum absolute atomic E-state index is 0.214. The van der Waals surface area contributed by atoms with Crippen LogP contribution in [0.25, 0.3) is 0 Å². The van der Waals surface area contributed by atoms with Crippen molar-refractivity contribution in [2.24, 2.45) is 0 Å². The Morgan fingerprint density at radius 2 is 1.76 bits per heavy atom. The lowest BCUT2D eigenvalue weighted by Crippen LogP contribution is -2.16. The number of nitrogens with one attached hydrogen (secondary N) is 2. The van der Waals surface area contributed by atoms with Crippen molar-refractivity contribution in [3.05, 3.63) is 58.3 Å². The molecular formula is C18H21Cl2N3O2. The maximum Gasteiger partial charge on any atom is 0.411 e. The number of anilines is 1. The standard InChI is InChI=1S/C18H21Cl2N3O2/c19-16-11-15(12-17(20)23-16)22-18(24)25-10-6-2-5-9-21-13-14-7-3-1-4-8-14/h1,3-4,7-8,11-12,21H,2,5-6,9-10,13H2,(H,22,23,24). The van der Waals surface area contributed by atoms with Crippen LogP contribution in [0.15, 0.2) is 42.5 Å². The smallest absolute Gasteiger partial charge is 0.411 e. The number of nitrogens with zero attached hydrogens (tertiary/aromatic N) is 1. The minimum atomic E-state index is -0.527. The summed E-state index contributed by atoms with van der Waals surface area (Å²) < 4.78 is 5.12. The fourth-order valence-electron chi connectivity index (χ4n) is 2.21. The minimum Gasteiger partial charge on any atom is -0.449 e. The lowest BCUT2D eigenvalue weighted by atomic mass is 10.2. The van der Waals surface area contributed by atoms with Gasteiger partial charge in [-0.3, -0.25) is 5.32 Å². The number of pyridine rings is 1. The monoisotopic (exact) mass is 381 g/mol. The molecule has 134 valence electrons. The Morgan fingerprint density at radius 3 is 2.48 bits per heavy atom. The summed E-state index contributed by atoms with van der Waals surface area (Å²) in [7, 11) is 0. The molecule has 1 amide bonds. The first-order chi connectivity index (χ1) is 12.1. The second-order valence-corrected chi connectivity index (χ2v) is 6.26. The Morgan fingerprint density at radius 1 is 1.04 bits per heavy atom. The number of hydrogen-bond donors (Lipinski definition) is 2. The Labute approximate surface area is 157 Å². The van der Waals surface area contributed by atoms with Crippen molar-refractivity contribution >= 4 is 35.0 Å². The highest BCUT2D eigenvalue weighted by Gasteiger charge is 2.05. The predicted molar refractivity (Wildman–Crippen MR) is 101 cm³/mol. The van der Waals surface area contributed by atoms with Crippen LogP contribution in [0.2, 0.25) is 10.3 Å². The van der Waals surface area contributed by atoms with Gasteiger partial charge in [0.15, 0.2) is 0 Å². The van der Waals surface area contributed by atoms with E-state index in [1.165, 1.54) is 17.7 Å². The molecule has 0 aliphatic rings. The van der Waals surface area contributed by atoms with Gasteiger partial charge in [0.25, 0.3) is 0 Å². The molecule has 0 spiro atoms. The Hall–Kier alpha value is -1.82. The molecule has 0 fully saturated rings. The number of halogens is 2. The van der Waals surface area contributed by atoms with Crippen LogP contribution < -0.4 is 10.6 Å². The number of rotatable bonds is 9. The zero-order chi connectivity index (χ0) is 17.9. The van der Waals surface area contributed by atoms with Crippen LogP contribution in [0.1, 0.15) is 24.8 Å². The number of benzene rings is 1. The third-order valence-electron chi connectivity index (χ3n) is 3.41. The van der Waals surface area contributed by atoms with Crippen LogP contribution in [-0.4, -0.2) is 24.2 Å². The number of carbonyl (C=O) groups is 1. The summed E-state index contributed by atoms with van der Waals surface area (Å²) in [6, 6.07) is 13.3. The molecule has 0 unspecified atom stereocenters. The first-order valence-electron chi connectivity index (χ1n) is 8.15. The molecule has 0 atom stereocenters. The number of ether oxygens (including phenoxy) is 1. The van der Waals surface area contributed by atoms with E-state index < -0.39 is 6.09 Å². The molecule has 0 bridgehead atoms. The quantitative estimate of drug-likeness (QED) is 0.479. The fraction of sp³-hybridized carbons (Fsp3) is 0.333. The van der Waals surface area contributed by atoms with Gasteiger partial charge in [-0.15, -0.1) is 0 Å².